The molecule has 1 saturated carbocycles. The first-order valence-corrected chi connectivity index (χ1v) is 12.7. The maximum atomic E-state index is 12.7. The smallest absolute Gasteiger partial charge is 0.376 e. The summed E-state index contributed by atoms with van der Waals surface area (Å²) in [5, 5.41) is 2.76. The van der Waals surface area contributed by atoms with Gasteiger partial charge in [-0.1, -0.05) is 12.1 Å². The van der Waals surface area contributed by atoms with E-state index in [0.29, 0.717) is 38.8 Å². The second-order valence-electron chi connectivity index (χ2n) is 8.48. The lowest BCUT2D eigenvalue weighted by molar-refractivity contribution is -0.137. The number of piperidine rings is 1. The summed E-state index contributed by atoms with van der Waals surface area (Å²) < 4.78 is 70.4. The van der Waals surface area contributed by atoms with Gasteiger partial charge in [0, 0.05) is 19.1 Å². The number of hydrogen-bond acceptors (Lipinski definition) is 4. The van der Waals surface area contributed by atoms with Gasteiger partial charge in [-0.15, -0.1) is 0 Å². The summed E-state index contributed by atoms with van der Waals surface area (Å²) in [4.78, 5) is 14.1. The topological polar surface area (TPSA) is 87.7 Å². The van der Waals surface area contributed by atoms with Crippen molar-refractivity contribution < 1.29 is 31.1 Å². The average molecular weight is 478 g/mol. The van der Waals surface area contributed by atoms with Gasteiger partial charge in [0.1, 0.15) is 0 Å². The Kier molecular flexibility index (Phi) is 7.72. The third kappa shape index (κ3) is 6.35. The minimum absolute atomic E-state index is 0.0841. The fraction of sp³-hybridized carbons (Fsp3) is 0.667. The van der Waals surface area contributed by atoms with Crippen LogP contribution in [-0.2, 0) is 20.9 Å². The van der Waals surface area contributed by atoms with Crippen LogP contribution < -0.4 is 10.0 Å². The predicted molar refractivity (Wildman–Crippen MR) is 114 cm³/mol. The molecule has 1 aromatic carbocycles. The van der Waals surface area contributed by atoms with Crippen molar-refractivity contribution in [3.63, 3.8) is 0 Å². The highest BCUT2D eigenvalue weighted by molar-refractivity contribution is 7.88. The zero-order valence-corrected chi connectivity index (χ0v) is 19.0. The van der Waals surface area contributed by atoms with Gasteiger partial charge in [0.15, 0.2) is 0 Å². The van der Waals surface area contributed by atoms with E-state index >= 15 is 0 Å². The molecule has 0 aromatic heterocycles. The molecule has 0 radical (unpaired) electrons. The summed E-state index contributed by atoms with van der Waals surface area (Å²) in [7, 11) is -3.45. The second-order valence-corrected chi connectivity index (χ2v) is 10.3. The SMILES string of the molecule is CCNC(=O)N1CCC[C@H](NS(C)(=O)=O)[C@@H]1COC1CC(c2ccc(C(F)(F)F)cc2)C1. The van der Waals surface area contributed by atoms with E-state index in [2.05, 4.69) is 10.0 Å². The van der Waals surface area contributed by atoms with E-state index in [1.807, 2.05) is 6.92 Å². The van der Waals surface area contributed by atoms with Gasteiger partial charge in [0.05, 0.1) is 30.6 Å². The highest BCUT2D eigenvalue weighted by Gasteiger charge is 2.38. The van der Waals surface area contributed by atoms with Gasteiger partial charge in [0.2, 0.25) is 10.0 Å². The molecule has 11 heteroatoms. The summed E-state index contributed by atoms with van der Waals surface area (Å²) >= 11 is 0. The van der Waals surface area contributed by atoms with Crippen molar-refractivity contribution >= 4 is 16.1 Å². The van der Waals surface area contributed by atoms with E-state index in [1.165, 1.54) is 12.1 Å². The maximum Gasteiger partial charge on any atom is 0.416 e. The van der Waals surface area contributed by atoms with Crippen molar-refractivity contribution in [3.05, 3.63) is 35.4 Å². The van der Waals surface area contributed by atoms with E-state index < -0.39 is 33.8 Å². The lowest BCUT2D eigenvalue weighted by atomic mass is 9.77. The second kappa shape index (κ2) is 9.96. The zero-order valence-electron chi connectivity index (χ0n) is 18.2. The monoisotopic (exact) mass is 477 g/mol. The molecule has 3 rings (SSSR count). The molecule has 1 aromatic rings. The van der Waals surface area contributed by atoms with Crippen LogP contribution in [-0.4, -0.2) is 63.5 Å². The number of amides is 2. The molecule has 1 heterocycles. The van der Waals surface area contributed by atoms with Gasteiger partial charge < -0.3 is 15.0 Å². The van der Waals surface area contributed by atoms with Crippen LogP contribution >= 0.6 is 0 Å². The van der Waals surface area contributed by atoms with Crippen LogP contribution in [0.25, 0.3) is 0 Å². The van der Waals surface area contributed by atoms with Crippen molar-refractivity contribution in [3.8, 4) is 0 Å². The van der Waals surface area contributed by atoms with E-state index in [1.54, 1.807) is 4.90 Å². The zero-order chi connectivity index (χ0) is 23.5. The van der Waals surface area contributed by atoms with Crippen molar-refractivity contribution in [1.82, 2.24) is 14.9 Å². The van der Waals surface area contributed by atoms with E-state index in [0.717, 1.165) is 24.0 Å². The van der Waals surface area contributed by atoms with E-state index in [4.69, 9.17) is 4.74 Å². The Morgan fingerprint density at radius 1 is 1.22 bits per heavy atom. The van der Waals surface area contributed by atoms with Crippen LogP contribution in [0.4, 0.5) is 18.0 Å². The molecule has 7 nitrogen and oxygen atoms in total. The minimum atomic E-state index is -4.35. The number of likely N-dealkylation sites (tertiary alicyclic amines) is 1. The van der Waals surface area contributed by atoms with Crippen LogP contribution in [0.5, 0.6) is 0 Å². The molecule has 2 atom stereocenters. The van der Waals surface area contributed by atoms with Gasteiger partial charge >= 0.3 is 12.2 Å². The van der Waals surface area contributed by atoms with Crippen LogP contribution in [0.3, 0.4) is 0 Å². The number of carbonyl (C=O) groups excluding carboxylic acids is 1. The van der Waals surface area contributed by atoms with Crippen molar-refractivity contribution in [2.75, 3.05) is 26.0 Å². The average Bonchev–Trinajstić information content (AvgIpc) is 2.66. The Bertz CT molecular complexity index is 887. The number of benzene rings is 1. The Morgan fingerprint density at radius 2 is 1.88 bits per heavy atom. The van der Waals surface area contributed by atoms with Gasteiger partial charge in [0.25, 0.3) is 0 Å². The minimum Gasteiger partial charge on any atom is -0.376 e. The molecule has 2 N–H and O–H groups in total. The number of halogens is 3. The van der Waals surface area contributed by atoms with Crippen LogP contribution in [0.1, 0.15) is 49.7 Å². The first-order chi connectivity index (χ1) is 15.0. The normalized spacial score (nSPS) is 26.5. The fourth-order valence-corrected chi connectivity index (χ4v) is 5.16. The molecule has 0 unspecified atom stereocenters. The van der Waals surface area contributed by atoms with Crippen LogP contribution in [0.15, 0.2) is 24.3 Å². The molecular weight excluding hydrogens is 447 g/mol. The molecule has 32 heavy (non-hydrogen) atoms. The van der Waals surface area contributed by atoms with Crippen molar-refractivity contribution in [1.29, 1.82) is 0 Å². The Labute approximate surface area is 186 Å². The Hall–Kier alpha value is -1.85. The lowest BCUT2D eigenvalue weighted by Gasteiger charge is -2.43. The number of ether oxygens (including phenoxy) is 1. The van der Waals surface area contributed by atoms with Crippen LogP contribution in [0, 0.1) is 0 Å². The van der Waals surface area contributed by atoms with Crippen molar-refractivity contribution in [2.24, 2.45) is 0 Å². The lowest BCUT2D eigenvalue weighted by Crippen LogP contribution is -2.60. The number of nitrogens with zero attached hydrogens (tertiary/aromatic N) is 1. The maximum absolute atomic E-state index is 12.7. The van der Waals surface area contributed by atoms with E-state index in [9.17, 15) is 26.4 Å². The number of urea groups is 1. The Balaban J connectivity index is 1.58. The molecule has 1 aliphatic heterocycles. The number of alkyl halides is 3. The summed E-state index contributed by atoms with van der Waals surface area (Å²) in [6, 6.07) is 4.08. The molecule has 2 fully saturated rings. The molecule has 1 saturated heterocycles. The Morgan fingerprint density at radius 3 is 2.44 bits per heavy atom. The number of carbonyl (C=O) groups is 1. The first kappa shape index (κ1) is 24.8. The van der Waals surface area contributed by atoms with Gasteiger partial charge in [-0.25, -0.2) is 17.9 Å². The predicted octanol–water partition coefficient (Wildman–Crippen LogP) is 3.08. The molecule has 2 aliphatic rings. The summed E-state index contributed by atoms with van der Waals surface area (Å²) in [6.07, 6.45) is -0.713. The number of nitrogens with one attached hydrogen (secondary N) is 2. The standard InChI is InChI=1S/C21H30F3N3O4S/c1-3-25-20(28)27-10-4-5-18(26-32(2,29)30)19(27)13-31-17-11-15(12-17)14-6-8-16(9-7-14)21(22,23)24/h6-9,15,17-19,26H,3-5,10-13H2,1-2H3,(H,25,28)/t15?,17?,18-,19-/m0/s1. The highest BCUT2D eigenvalue weighted by Crippen LogP contribution is 2.40. The quantitative estimate of drug-likeness (QED) is 0.632. The first-order valence-electron chi connectivity index (χ1n) is 10.8. The molecule has 1 aliphatic carbocycles. The van der Waals surface area contributed by atoms with Crippen LogP contribution in [0.2, 0.25) is 0 Å². The van der Waals surface area contributed by atoms with Gasteiger partial charge in [-0.05, 0) is 56.2 Å². The summed E-state index contributed by atoms with van der Waals surface area (Å²) in [5.41, 5.74) is 0.177. The highest BCUT2D eigenvalue weighted by atomic mass is 32.2. The molecular formula is C21H30F3N3O4S. The third-order valence-corrected chi connectivity index (χ3v) is 6.77. The number of rotatable bonds is 7. The molecule has 180 valence electrons. The van der Waals surface area contributed by atoms with Gasteiger partial charge in [-0.3, -0.25) is 0 Å². The largest absolute Gasteiger partial charge is 0.416 e. The van der Waals surface area contributed by atoms with E-state index in [-0.39, 0.29) is 24.7 Å². The number of sulfonamides is 1. The fourth-order valence-electron chi connectivity index (χ4n) is 4.33. The summed E-state index contributed by atoms with van der Waals surface area (Å²) in [6.45, 7) is 2.98. The van der Waals surface area contributed by atoms with Crippen molar-refractivity contribution in [2.45, 2.75) is 62.9 Å². The number of hydrogen-bond donors (Lipinski definition) is 2. The molecule has 0 bridgehead atoms. The van der Waals surface area contributed by atoms with Gasteiger partial charge in [-0.2, -0.15) is 13.2 Å². The molecule has 0 spiro atoms. The summed E-state index contributed by atoms with van der Waals surface area (Å²) in [5.74, 6) is 0.123. The third-order valence-electron chi connectivity index (χ3n) is 6.04. The molecule has 2 amide bonds.